The quantitative estimate of drug-likeness (QED) is 0.688. The molecule has 0 unspecified atom stereocenters. The van der Waals surface area contributed by atoms with Crippen molar-refractivity contribution in [1.29, 1.82) is 0 Å². The molecule has 3 aromatic rings. The van der Waals surface area contributed by atoms with E-state index in [1.54, 1.807) is 0 Å². The fourth-order valence-corrected chi connectivity index (χ4v) is 2.81. The van der Waals surface area contributed by atoms with Crippen LogP contribution in [0.5, 0.6) is 0 Å². The van der Waals surface area contributed by atoms with Crippen molar-refractivity contribution >= 4 is 28.6 Å². The second-order valence-corrected chi connectivity index (χ2v) is 5.52. The Morgan fingerprint density at radius 2 is 1.39 bits per heavy atom. The lowest BCUT2D eigenvalue weighted by Gasteiger charge is -2.22. The molecule has 3 aromatic carbocycles. The van der Waals surface area contributed by atoms with E-state index >= 15 is 0 Å². The molecule has 0 aromatic heterocycles. The molecule has 112 valence electrons. The Morgan fingerprint density at radius 3 is 2.22 bits per heavy atom. The maximum absolute atomic E-state index is 4.94. The van der Waals surface area contributed by atoms with E-state index in [0.29, 0.717) is 0 Å². The molecule has 0 amide bonds. The Labute approximate surface area is 135 Å². The van der Waals surface area contributed by atoms with Gasteiger partial charge in [-0.2, -0.15) is 0 Å². The van der Waals surface area contributed by atoms with Crippen molar-refractivity contribution in [3.8, 4) is 0 Å². The maximum atomic E-state index is 4.94. The lowest BCUT2D eigenvalue weighted by molar-refractivity contribution is 1.25. The van der Waals surface area contributed by atoms with Crippen molar-refractivity contribution in [2.45, 2.75) is 0 Å². The van der Waals surface area contributed by atoms with Crippen LogP contribution in [0.3, 0.4) is 0 Å². The smallest absolute Gasteiger partial charge is 0.142 e. The Kier molecular flexibility index (Phi) is 3.31. The fraction of sp³-hybridized carbons (Fsp3) is 0.0500. The van der Waals surface area contributed by atoms with Crippen LogP contribution in [0.25, 0.3) is 0 Å². The van der Waals surface area contributed by atoms with Gasteiger partial charge in [0, 0.05) is 24.0 Å². The van der Waals surface area contributed by atoms with E-state index in [4.69, 9.17) is 4.99 Å². The SMILES string of the molecule is CN(C1=Nc2ccccc2Nc2ccccc21)c1ccccc1. The third-order valence-corrected chi connectivity index (χ3v) is 4.03. The number of rotatable bonds is 1. The summed E-state index contributed by atoms with van der Waals surface area (Å²) in [5, 5.41) is 3.50. The molecule has 0 fully saturated rings. The first-order chi connectivity index (χ1) is 11.3. The molecule has 3 heteroatoms. The van der Waals surface area contributed by atoms with Gasteiger partial charge in [-0.15, -0.1) is 0 Å². The standard InChI is InChI=1S/C20H17N3/c1-23(15-9-3-2-4-10-15)20-16-11-5-6-12-17(16)21-18-13-7-8-14-19(18)22-20/h2-14,21H,1H3. The molecule has 3 nitrogen and oxygen atoms in total. The Balaban J connectivity index is 1.91. The summed E-state index contributed by atoms with van der Waals surface area (Å²) >= 11 is 0. The van der Waals surface area contributed by atoms with Crippen molar-refractivity contribution < 1.29 is 0 Å². The minimum atomic E-state index is 0.934. The van der Waals surface area contributed by atoms with Crippen LogP contribution in [0.15, 0.2) is 83.9 Å². The first-order valence-electron chi connectivity index (χ1n) is 7.66. The van der Waals surface area contributed by atoms with Crippen LogP contribution in [0.2, 0.25) is 0 Å². The number of fused-ring (bicyclic) bond motifs is 2. The molecule has 0 aliphatic carbocycles. The zero-order valence-electron chi connectivity index (χ0n) is 12.9. The number of nitrogens with zero attached hydrogens (tertiary/aromatic N) is 2. The number of anilines is 3. The highest BCUT2D eigenvalue weighted by atomic mass is 15.2. The lowest BCUT2D eigenvalue weighted by atomic mass is 10.1. The van der Waals surface area contributed by atoms with Crippen molar-refractivity contribution in [2.75, 3.05) is 17.3 Å². The average molecular weight is 299 g/mol. The summed E-state index contributed by atoms with van der Waals surface area (Å²) in [5.74, 6) is 0.934. The molecule has 1 aliphatic heterocycles. The maximum Gasteiger partial charge on any atom is 0.142 e. The molecular weight excluding hydrogens is 282 g/mol. The van der Waals surface area contributed by atoms with Gasteiger partial charge in [-0.3, -0.25) is 0 Å². The second-order valence-electron chi connectivity index (χ2n) is 5.52. The molecule has 1 aliphatic rings. The summed E-state index contributed by atoms with van der Waals surface area (Å²) < 4.78 is 0. The van der Waals surface area contributed by atoms with Gasteiger partial charge >= 0.3 is 0 Å². The van der Waals surface area contributed by atoms with Crippen LogP contribution < -0.4 is 10.2 Å². The number of hydrogen-bond acceptors (Lipinski definition) is 3. The van der Waals surface area contributed by atoms with Gasteiger partial charge in [0.2, 0.25) is 0 Å². The molecule has 0 spiro atoms. The number of amidine groups is 1. The predicted octanol–water partition coefficient (Wildman–Crippen LogP) is 4.96. The molecular formula is C20H17N3. The highest BCUT2D eigenvalue weighted by molar-refractivity contribution is 6.15. The molecule has 0 radical (unpaired) electrons. The highest BCUT2D eigenvalue weighted by Crippen LogP contribution is 2.35. The topological polar surface area (TPSA) is 27.6 Å². The molecule has 0 atom stereocenters. The normalized spacial score (nSPS) is 12.3. The molecule has 23 heavy (non-hydrogen) atoms. The Hall–Kier alpha value is -3.07. The van der Waals surface area contributed by atoms with Gasteiger partial charge < -0.3 is 10.2 Å². The minimum Gasteiger partial charge on any atom is -0.353 e. The average Bonchev–Trinajstić information content (AvgIpc) is 2.78. The number of benzene rings is 3. The van der Waals surface area contributed by atoms with Gasteiger partial charge in [0.25, 0.3) is 0 Å². The summed E-state index contributed by atoms with van der Waals surface area (Å²) in [6.07, 6.45) is 0. The van der Waals surface area contributed by atoms with E-state index in [1.165, 1.54) is 0 Å². The van der Waals surface area contributed by atoms with Crippen molar-refractivity contribution in [1.82, 2.24) is 0 Å². The van der Waals surface area contributed by atoms with Gasteiger partial charge in [0.1, 0.15) is 5.84 Å². The monoisotopic (exact) mass is 299 g/mol. The van der Waals surface area contributed by atoms with E-state index < -0.39 is 0 Å². The van der Waals surface area contributed by atoms with Crippen LogP contribution in [-0.4, -0.2) is 12.9 Å². The van der Waals surface area contributed by atoms with Crippen molar-refractivity contribution in [2.24, 2.45) is 4.99 Å². The Morgan fingerprint density at radius 1 is 0.739 bits per heavy atom. The lowest BCUT2D eigenvalue weighted by Crippen LogP contribution is -2.27. The third-order valence-electron chi connectivity index (χ3n) is 4.03. The molecule has 1 heterocycles. The van der Waals surface area contributed by atoms with Crippen molar-refractivity contribution in [3.63, 3.8) is 0 Å². The molecule has 4 rings (SSSR count). The van der Waals surface area contributed by atoms with Crippen LogP contribution >= 0.6 is 0 Å². The first-order valence-corrected chi connectivity index (χ1v) is 7.66. The summed E-state index contributed by atoms with van der Waals surface area (Å²) in [6.45, 7) is 0. The van der Waals surface area contributed by atoms with Crippen LogP contribution in [-0.2, 0) is 0 Å². The third kappa shape index (κ3) is 2.46. The van der Waals surface area contributed by atoms with Crippen LogP contribution in [0, 0.1) is 0 Å². The van der Waals surface area contributed by atoms with Crippen LogP contribution in [0.1, 0.15) is 5.56 Å². The van der Waals surface area contributed by atoms with Gasteiger partial charge in [-0.05, 0) is 36.4 Å². The zero-order valence-corrected chi connectivity index (χ0v) is 12.9. The summed E-state index contributed by atoms with van der Waals surface area (Å²) in [5.41, 5.74) is 5.24. The predicted molar refractivity (Wildman–Crippen MR) is 97.2 cm³/mol. The van der Waals surface area contributed by atoms with Crippen molar-refractivity contribution in [3.05, 3.63) is 84.4 Å². The molecule has 0 bridgehead atoms. The summed E-state index contributed by atoms with van der Waals surface area (Å²) in [7, 11) is 2.05. The number of para-hydroxylation sites is 4. The van der Waals surface area contributed by atoms with E-state index in [0.717, 1.165) is 34.1 Å². The van der Waals surface area contributed by atoms with Crippen LogP contribution in [0.4, 0.5) is 22.7 Å². The van der Waals surface area contributed by atoms with Gasteiger partial charge in [-0.25, -0.2) is 4.99 Å². The van der Waals surface area contributed by atoms with E-state index in [-0.39, 0.29) is 0 Å². The second kappa shape index (κ2) is 5.61. The molecule has 0 saturated carbocycles. The highest BCUT2D eigenvalue weighted by Gasteiger charge is 2.19. The summed E-state index contributed by atoms with van der Waals surface area (Å²) in [6, 6.07) is 26.7. The van der Waals surface area contributed by atoms with Gasteiger partial charge in [0.05, 0.1) is 11.4 Å². The van der Waals surface area contributed by atoms with E-state index in [1.807, 2.05) is 48.5 Å². The molecule has 0 saturated heterocycles. The van der Waals surface area contributed by atoms with E-state index in [9.17, 15) is 0 Å². The largest absolute Gasteiger partial charge is 0.353 e. The summed E-state index contributed by atoms with van der Waals surface area (Å²) in [4.78, 5) is 7.06. The van der Waals surface area contributed by atoms with Gasteiger partial charge in [-0.1, -0.05) is 42.5 Å². The van der Waals surface area contributed by atoms with E-state index in [2.05, 4.69) is 47.6 Å². The number of hydrogen-bond donors (Lipinski definition) is 1. The Bertz CT molecular complexity index is 869. The fourth-order valence-electron chi connectivity index (χ4n) is 2.81. The zero-order chi connectivity index (χ0) is 15.6. The number of aliphatic imine (C=N–C) groups is 1. The minimum absolute atomic E-state index is 0.934. The number of nitrogens with one attached hydrogen (secondary N) is 1. The first kappa shape index (κ1) is 13.6. The molecule has 1 N–H and O–H groups in total. The van der Waals surface area contributed by atoms with Gasteiger partial charge in [0.15, 0.2) is 0 Å².